The minimum Gasteiger partial charge on any atom is -0.336 e. The highest BCUT2D eigenvalue weighted by atomic mass is 16.2. The lowest BCUT2D eigenvalue weighted by molar-refractivity contribution is -0.139. The molecule has 0 spiro atoms. The Morgan fingerprint density at radius 2 is 2.04 bits per heavy atom. The minimum atomic E-state index is -0.479. The second kappa shape index (κ2) is 7.34. The van der Waals surface area contributed by atoms with Crippen molar-refractivity contribution in [2.45, 2.75) is 52.0 Å². The Morgan fingerprint density at radius 3 is 2.71 bits per heavy atom. The van der Waals surface area contributed by atoms with Crippen LogP contribution in [0.4, 0.5) is 5.69 Å². The van der Waals surface area contributed by atoms with E-state index >= 15 is 0 Å². The Labute approximate surface area is 144 Å². The summed E-state index contributed by atoms with van der Waals surface area (Å²) in [5.41, 5.74) is 8.78. The summed E-state index contributed by atoms with van der Waals surface area (Å²) >= 11 is 0. The van der Waals surface area contributed by atoms with Crippen LogP contribution in [0.1, 0.15) is 43.7 Å². The SMILES string of the molecule is Cc1cccc(NC(=O)CN(C)C(=O)C2CCCCC2(C)N)c1C. The highest BCUT2D eigenvalue weighted by molar-refractivity contribution is 5.95. The van der Waals surface area contributed by atoms with Crippen molar-refractivity contribution < 1.29 is 9.59 Å². The Bertz CT molecular complexity index is 625. The van der Waals surface area contributed by atoms with Gasteiger partial charge in [-0.25, -0.2) is 0 Å². The van der Waals surface area contributed by atoms with Crippen LogP contribution in [0.5, 0.6) is 0 Å². The molecule has 5 nitrogen and oxygen atoms in total. The Balaban J connectivity index is 1.98. The molecule has 1 saturated carbocycles. The molecular formula is C19H29N3O2. The number of likely N-dealkylation sites (N-methyl/N-ethyl adjacent to an activating group) is 1. The minimum absolute atomic E-state index is 0.0317. The number of anilines is 1. The van der Waals surface area contributed by atoms with Crippen LogP contribution in [0.2, 0.25) is 0 Å². The zero-order valence-electron chi connectivity index (χ0n) is 15.2. The number of nitrogens with zero attached hydrogens (tertiary/aromatic N) is 1. The summed E-state index contributed by atoms with van der Waals surface area (Å²) in [5, 5.41) is 2.90. The number of nitrogens with two attached hydrogens (primary N) is 1. The molecule has 0 aliphatic heterocycles. The van der Waals surface area contributed by atoms with Gasteiger partial charge in [0.15, 0.2) is 0 Å². The predicted octanol–water partition coefficient (Wildman–Crippen LogP) is 2.61. The third-order valence-electron chi connectivity index (χ3n) is 5.19. The van der Waals surface area contributed by atoms with Crippen molar-refractivity contribution in [3.05, 3.63) is 29.3 Å². The summed E-state index contributed by atoms with van der Waals surface area (Å²) in [6.45, 7) is 5.96. The number of hydrogen-bond acceptors (Lipinski definition) is 3. The van der Waals surface area contributed by atoms with E-state index in [1.165, 1.54) is 4.90 Å². The fourth-order valence-corrected chi connectivity index (χ4v) is 3.40. The lowest BCUT2D eigenvalue weighted by atomic mass is 9.74. The standard InChI is InChI=1S/C19H29N3O2/c1-13-8-7-10-16(14(13)2)21-17(23)12-22(4)18(24)15-9-5-6-11-19(15,3)20/h7-8,10,15H,5-6,9,11-12,20H2,1-4H3,(H,21,23). The van der Waals surface area contributed by atoms with Gasteiger partial charge in [-0.3, -0.25) is 9.59 Å². The number of aryl methyl sites for hydroxylation is 1. The second-order valence-corrected chi connectivity index (χ2v) is 7.29. The van der Waals surface area contributed by atoms with Crippen LogP contribution in [0, 0.1) is 19.8 Å². The van der Waals surface area contributed by atoms with E-state index in [4.69, 9.17) is 5.73 Å². The molecular weight excluding hydrogens is 302 g/mol. The summed E-state index contributed by atoms with van der Waals surface area (Å²) in [6.07, 6.45) is 3.74. The molecule has 1 aliphatic carbocycles. The summed E-state index contributed by atoms with van der Waals surface area (Å²) in [7, 11) is 1.68. The molecule has 2 unspecified atom stereocenters. The van der Waals surface area contributed by atoms with Crippen LogP contribution in [0.3, 0.4) is 0 Å². The largest absolute Gasteiger partial charge is 0.336 e. The van der Waals surface area contributed by atoms with Crippen molar-refractivity contribution in [3.63, 3.8) is 0 Å². The van der Waals surface area contributed by atoms with Crippen molar-refractivity contribution in [2.24, 2.45) is 11.7 Å². The molecule has 1 aromatic rings. The molecule has 1 aromatic carbocycles. The van der Waals surface area contributed by atoms with E-state index in [9.17, 15) is 9.59 Å². The van der Waals surface area contributed by atoms with Gasteiger partial charge in [-0.1, -0.05) is 25.0 Å². The molecule has 1 aliphatic rings. The van der Waals surface area contributed by atoms with Gasteiger partial charge in [0, 0.05) is 18.3 Å². The van der Waals surface area contributed by atoms with E-state index in [0.717, 1.165) is 42.5 Å². The van der Waals surface area contributed by atoms with Crippen molar-refractivity contribution in [1.82, 2.24) is 4.90 Å². The lowest BCUT2D eigenvalue weighted by Gasteiger charge is -2.39. The van der Waals surface area contributed by atoms with Crippen molar-refractivity contribution >= 4 is 17.5 Å². The van der Waals surface area contributed by atoms with Crippen LogP contribution >= 0.6 is 0 Å². The quantitative estimate of drug-likeness (QED) is 0.890. The molecule has 132 valence electrons. The molecule has 2 rings (SSSR count). The molecule has 1 fully saturated rings. The molecule has 0 bridgehead atoms. The molecule has 3 N–H and O–H groups in total. The average molecular weight is 331 g/mol. The number of hydrogen-bond donors (Lipinski definition) is 2. The first-order valence-corrected chi connectivity index (χ1v) is 8.62. The van der Waals surface area contributed by atoms with Crippen LogP contribution in [-0.4, -0.2) is 35.8 Å². The number of carbonyl (C=O) groups excluding carboxylic acids is 2. The Kier molecular flexibility index (Phi) is 5.65. The molecule has 24 heavy (non-hydrogen) atoms. The van der Waals surface area contributed by atoms with Gasteiger partial charge in [0.2, 0.25) is 11.8 Å². The number of rotatable bonds is 4. The Morgan fingerprint density at radius 1 is 1.33 bits per heavy atom. The van der Waals surface area contributed by atoms with Crippen molar-refractivity contribution in [1.29, 1.82) is 0 Å². The van der Waals surface area contributed by atoms with E-state index in [1.807, 2.05) is 39.0 Å². The van der Waals surface area contributed by atoms with E-state index in [-0.39, 0.29) is 24.3 Å². The molecule has 2 atom stereocenters. The zero-order chi connectivity index (χ0) is 17.9. The summed E-state index contributed by atoms with van der Waals surface area (Å²) in [5.74, 6) is -0.422. The summed E-state index contributed by atoms with van der Waals surface area (Å²) in [6, 6.07) is 5.79. The average Bonchev–Trinajstić information content (AvgIpc) is 2.50. The monoisotopic (exact) mass is 331 g/mol. The first kappa shape index (κ1) is 18.5. The molecule has 2 amide bonds. The van der Waals surface area contributed by atoms with E-state index in [1.54, 1.807) is 7.05 Å². The molecule has 0 aromatic heterocycles. The summed E-state index contributed by atoms with van der Waals surface area (Å²) < 4.78 is 0. The number of benzene rings is 1. The molecule has 0 heterocycles. The van der Waals surface area contributed by atoms with Gasteiger partial charge in [0.05, 0.1) is 12.5 Å². The lowest BCUT2D eigenvalue weighted by Crippen LogP contribution is -2.53. The van der Waals surface area contributed by atoms with Crippen molar-refractivity contribution in [2.75, 3.05) is 18.9 Å². The van der Waals surface area contributed by atoms with E-state index in [2.05, 4.69) is 5.32 Å². The van der Waals surface area contributed by atoms with Gasteiger partial charge in [-0.2, -0.15) is 0 Å². The van der Waals surface area contributed by atoms with Gasteiger partial charge in [0.1, 0.15) is 0 Å². The maximum Gasteiger partial charge on any atom is 0.243 e. The van der Waals surface area contributed by atoms with Crippen LogP contribution in [0.15, 0.2) is 18.2 Å². The third-order valence-corrected chi connectivity index (χ3v) is 5.19. The maximum absolute atomic E-state index is 12.7. The first-order valence-electron chi connectivity index (χ1n) is 8.62. The number of nitrogens with one attached hydrogen (secondary N) is 1. The fraction of sp³-hybridized carbons (Fsp3) is 0.579. The van der Waals surface area contributed by atoms with E-state index in [0.29, 0.717) is 0 Å². The topological polar surface area (TPSA) is 75.4 Å². The number of carbonyl (C=O) groups is 2. The third kappa shape index (κ3) is 4.15. The van der Waals surface area contributed by atoms with Crippen LogP contribution in [0.25, 0.3) is 0 Å². The van der Waals surface area contributed by atoms with Crippen LogP contribution < -0.4 is 11.1 Å². The van der Waals surface area contributed by atoms with Gasteiger partial charge in [-0.05, 0) is 50.8 Å². The first-order chi connectivity index (χ1) is 11.2. The second-order valence-electron chi connectivity index (χ2n) is 7.29. The highest BCUT2D eigenvalue weighted by Gasteiger charge is 2.39. The summed E-state index contributed by atoms with van der Waals surface area (Å²) in [4.78, 5) is 26.5. The molecule has 0 radical (unpaired) electrons. The molecule has 0 saturated heterocycles. The highest BCUT2D eigenvalue weighted by Crippen LogP contribution is 2.32. The smallest absolute Gasteiger partial charge is 0.243 e. The van der Waals surface area contributed by atoms with Crippen molar-refractivity contribution in [3.8, 4) is 0 Å². The van der Waals surface area contributed by atoms with Crippen LogP contribution in [-0.2, 0) is 9.59 Å². The predicted molar refractivity (Wildman–Crippen MR) is 96.7 cm³/mol. The number of amides is 2. The van der Waals surface area contributed by atoms with Gasteiger partial charge in [-0.15, -0.1) is 0 Å². The molecule has 5 heteroatoms. The Hall–Kier alpha value is -1.88. The normalized spacial score (nSPS) is 23.6. The van der Waals surface area contributed by atoms with Gasteiger partial charge >= 0.3 is 0 Å². The zero-order valence-corrected chi connectivity index (χ0v) is 15.2. The maximum atomic E-state index is 12.7. The fourth-order valence-electron chi connectivity index (χ4n) is 3.40. The van der Waals surface area contributed by atoms with Gasteiger partial charge in [0.25, 0.3) is 0 Å². The van der Waals surface area contributed by atoms with Gasteiger partial charge < -0.3 is 16.0 Å². The van der Waals surface area contributed by atoms with E-state index < -0.39 is 5.54 Å².